The number of allylic oxidation sites excluding steroid dienone is 1. The Balaban J connectivity index is 1.63. The highest BCUT2D eigenvalue weighted by atomic mass is 35.5. The van der Waals surface area contributed by atoms with Gasteiger partial charge in [-0.2, -0.15) is 5.10 Å². The summed E-state index contributed by atoms with van der Waals surface area (Å²) in [6.07, 6.45) is 3.90. The summed E-state index contributed by atoms with van der Waals surface area (Å²) in [6, 6.07) is 17.0. The average Bonchev–Trinajstić information content (AvgIpc) is 2.90. The van der Waals surface area contributed by atoms with Gasteiger partial charge in [-0.25, -0.2) is 5.43 Å². The van der Waals surface area contributed by atoms with Crippen molar-refractivity contribution in [2.75, 3.05) is 11.9 Å². The molecule has 204 valence electrons. The lowest BCUT2D eigenvalue weighted by Gasteiger charge is -2.17. The van der Waals surface area contributed by atoms with E-state index in [1.165, 1.54) is 6.21 Å². The molecule has 0 unspecified atom stereocenters. The maximum atomic E-state index is 12.3. The van der Waals surface area contributed by atoms with Gasteiger partial charge in [0.05, 0.1) is 12.8 Å². The van der Waals surface area contributed by atoms with Gasteiger partial charge in [-0.15, -0.1) is 6.58 Å². The van der Waals surface area contributed by atoms with Crippen molar-refractivity contribution in [1.29, 1.82) is 0 Å². The molecule has 3 rings (SSSR count). The molecule has 0 saturated carbocycles. The van der Waals surface area contributed by atoms with Crippen LogP contribution >= 0.6 is 11.6 Å². The maximum Gasteiger partial charge on any atom is 0.240 e. The lowest BCUT2D eigenvalue weighted by molar-refractivity contribution is -0.124. The molecule has 0 bridgehead atoms. The highest BCUT2D eigenvalue weighted by molar-refractivity contribution is 6.31. The fourth-order valence-electron chi connectivity index (χ4n) is 3.80. The number of carbonyl (C=O) groups is 2. The molecule has 0 atom stereocenters. The largest absolute Gasteiger partial charge is 0.490 e. The minimum Gasteiger partial charge on any atom is -0.490 e. The number of amides is 2. The number of aryl methyl sites for hydroxylation is 2. The Bertz CT molecular complexity index is 1350. The lowest BCUT2D eigenvalue weighted by Crippen LogP contribution is -2.21. The average molecular weight is 548 g/mol. The summed E-state index contributed by atoms with van der Waals surface area (Å²) in [5, 5.41) is 7.55. The molecule has 3 aromatic rings. The Morgan fingerprint density at radius 1 is 1.00 bits per heavy atom. The fourth-order valence-corrected chi connectivity index (χ4v) is 3.99. The first-order chi connectivity index (χ1) is 18.8. The van der Waals surface area contributed by atoms with Crippen LogP contribution in [0.15, 0.2) is 72.4 Å². The maximum absolute atomic E-state index is 12.3. The van der Waals surface area contributed by atoms with Crippen molar-refractivity contribution in [2.45, 2.75) is 46.6 Å². The molecule has 2 amide bonds. The van der Waals surface area contributed by atoms with Crippen molar-refractivity contribution in [3.05, 3.63) is 100 Å². The van der Waals surface area contributed by atoms with Crippen LogP contribution in [0.3, 0.4) is 0 Å². The van der Waals surface area contributed by atoms with Gasteiger partial charge >= 0.3 is 0 Å². The Morgan fingerprint density at radius 3 is 2.51 bits per heavy atom. The summed E-state index contributed by atoms with van der Waals surface area (Å²) >= 11 is 6.29. The molecule has 0 radical (unpaired) electrons. The van der Waals surface area contributed by atoms with Crippen LogP contribution in [-0.4, -0.2) is 24.6 Å². The van der Waals surface area contributed by atoms with Crippen molar-refractivity contribution in [3.63, 3.8) is 0 Å². The summed E-state index contributed by atoms with van der Waals surface area (Å²) < 4.78 is 12.0. The van der Waals surface area contributed by atoms with Crippen LogP contribution in [0.1, 0.15) is 47.6 Å². The third-order valence-corrected chi connectivity index (χ3v) is 6.17. The molecule has 0 aliphatic carbocycles. The zero-order valence-electron chi connectivity index (χ0n) is 22.6. The van der Waals surface area contributed by atoms with Crippen LogP contribution in [0.4, 0.5) is 5.69 Å². The molecule has 2 N–H and O–H groups in total. The van der Waals surface area contributed by atoms with Crippen molar-refractivity contribution in [3.8, 4) is 11.5 Å². The van der Waals surface area contributed by atoms with E-state index in [1.807, 2.05) is 69.3 Å². The van der Waals surface area contributed by atoms with Gasteiger partial charge in [0, 0.05) is 34.7 Å². The highest BCUT2D eigenvalue weighted by Crippen LogP contribution is 2.34. The second kappa shape index (κ2) is 14.7. The highest BCUT2D eigenvalue weighted by Gasteiger charge is 2.14. The van der Waals surface area contributed by atoms with E-state index < -0.39 is 0 Å². The minimum atomic E-state index is -0.363. The van der Waals surface area contributed by atoms with Crippen LogP contribution < -0.4 is 20.2 Å². The van der Waals surface area contributed by atoms with E-state index >= 15 is 0 Å². The molecule has 0 aromatic heterocycles. The lowest BCUT2D eigenvalue weighted by atomic mass is 10.1. The molecule has 0 aliphatic rings. The Kier molecular flexibility index (Phi) is 11.1. The van der Waals surface area contributed by atoms with Crippen molar-refractivity contribution in [2.24, 2.45) is 5.10 Å². The van der Waals surface area contributed by atoms with Crippen molar-refractivity contribution < 1.29 is 19.1 Å². The van der Waals surface area contributed by atoms with Crippen LogP contribution in [0.5, 0.6) is 11.5 Å². The number of carbonyl (C=O) groups excluding carboxylic acids is 2. The van der Waals surface area contributed by atoms with Gasteiger partial charge in [0.25, 0.3) is 0 Å². The molecule has 8 heteroatoms. The first-order valence-corrected chi connectivity index (χ1v) is 13.1. The van der Waals surface area contributed by atoms with Gasteiger partial charge in [-0.05, 0) is 68.1 Å². The second-order valence-electron chi connectivity index (χ2n) is 8.97. The summed E-state index contributed by atoms with van der Waals surface area (Å²) in [5.74, 6) is 0.566. The first-order valence-electron chi connectivity index (χ1n) is 12.8. The predicted molar refractivity (Wildman–Crippen MR) is 157 cm³/mol. The number of ether oxygens (including phenoxy) is 2. The summed E-state index contributed by atoms with van der Waals surface area (Å²) in [5.41, 5.74) is 7.68. The van der Waals surface area contributed by atoms with Crippen molar-refractivity contribution in [1.82, 2.24) is 5.43 Å². The minimum absolute atomic E-state index is 0.00870. The van der Waals surface area contributed by atoms with E-state index in [1.54, 1.807) is 12.1 Å². The zero-order chi connectivity index (χ0) is 28.2. The SMILES string of the molecule is C=CCc1cc(C=NNC(=O)CCC(=O)Nc2cc(C)ccc2C)cc(OCC)c1OCc1ccccc1Cl. The number of hydrogen-bond donors (Lipinski definition) is 2. The Morgan fingerprint density at radius 2 is 1.77 bits per heavy atom. The molecular weight excluding hydrogens is 514 g/mol. The van der Waals surface area contributed by atoms with Crippen LogP contribution in [0, 0.1) is 13.8 Å². The second-order valence-corrected chi connectivity index (χ2v) is 9.38. The number of halogens is 1. The molecule has 7 nitrogen and oxygen atoms in total. The zero-order valence-corrected chi connectivity index (χ0v) is 23.3. The van der Waals surface area contributed by atoms with Crippen LogP contribution in [-0.2, 0) is 22.6 Å². The van der Waals surface area contributed by atoms with Gasteiger partial charge in [0.1, 0.15) is 6.61 Å². The molecule has 0 saturated heterocycles. The molecule has 39 heavy (non-hydrogen) atoms. The standard InChI is InChI=1S/C31H34ClN3O4/c1-5-9-24-17-23(18-28(38-6-2)31(24)39-20-25-10-7-8-11-26(25)32)19-33-35-30(37)15-14-29(36)34-27-16-21(3)12-13-22(27)4/h5,7-8,10-13,16-19H,1,6,9,14-15,20H2,2-4H3,(H,34,36)(H,35,37). The van der Waals surface area contributed by atoms with Gasteiger partial charge in [-0.1, -0.05) is 48.0 Å². The van der Waals surface area contributed by atoms with Gasteiger partial charge < -0.3 is 14.8 Å². The van der Waals surface area contributed by atoms with Gasteiger partial charge in [0.2, 0.25) is 11.8 Å². The topological polar surface area (TPSA) is 89.0 Å². The Labute approximate surface area is 234 Å². The van der Waals surface area contributed by atoms with Crippen LogP contribution in [0.2, 0.25) is 5.02 Å². The van der Waals surface area contributed by atoms with Gasteiger partial charge in [0.15, 0.2) is 11.5 Å². The van der Waals surface area contributed by atoms with Crippen LogP contribution in [0.25, 0.3) is 0 Å². The van der Waals surface area contributed by atoms with E-state index in [0.29, 0.717) is 35.1 Å². The number of hydrazone groups is 1. The van der Waals surface area contributed by atoms with E-state index in [9.17, 15) is 9.59 Å². The quantitative estimate of drug-likeness (QED) is 0.145. The number of benzene rings is 3. The third kappa shape index (κ3) is 9.00. The number of hydrogen-bond acceptors (Lipinski definition) is 5. The summed E-state index contributed by atoms with van der Waals surface area (Å²) in [7, 11) is 0. The molecule has 0 aliphatic heterocycles. The molecule has 3 aromatic carbocycles. The number of anilines is 1. The number of nitrogens with zero attached hydrogens (tertiary/aromatic N) is 1. The third-order valence-electron chi connectivity index (χ3n) is 5.80. The number of rotatable bonds is 13. The monoisotopic (exact) mass is 547 g/mol. The van der Waals surface area contributed by atoms with E-state index in [4.69, 9.17) is 21.1 Å². The normalized spacial score (nSPS) is 10.8. The molecule has 0 spiro atoms. The number of nitrogens with one attached hydrogen (secondary N) is 2. The molecular formula is C31H34ClN3O4. The van der Waals surface area contributed by atoms with E-state index in [0.717, 1.165) is 27.9 Å². The van der Waals surface area contributed by atoms with Gasteiger partial charge in [-0.3, -0.25) is 9.59 Å². The smallest absolute Gasteiger partial charge is 0.240 e. The van der Waals surface area contributed by atoms with E-state index in [-0.39, 0.29) is 31.3 Å². The fraction of sp³-hybridized carbons (Fsp3) is 0.258. The predicted octanol–water partition coefficient (Wildman–Crippen LogP) is 6.53. The van der Waals surface area contributed by atoms with Crippen molar-refractivity contribution >= 4 is 35.3 Å². The molecule has 0 fully saturated rings. The molecule has 0 heterocycles. The first kappa shape index (κ1) is 29.5. The Hall–Kier alpha value is -4.10. The summed E-state index contributed by atoms with van der Waals surface area (Å²) in [4.78, 5) is 24.6. The summed E-state index contributed by atoms with van der Waals surface area (Å²) in [6.45, 7) is 10.3. The van der Waals surface area contributed by atoms with E-state index in [2.05, 4.69) is 22.4 Å².